The van der Waals surface area contributed by atoms with Gasteiger partial charge in [-0.05, 0) is 87.7 Å². The summed E-state index contributed by atoms with van der Waals surface area (Å²) in [5.74, 6) is 0. The number of hydrogen-bond acceptors (Lipinski definition) is 0. The standard InChI is InChI=1S/C27H18Br2/c28-21-8-5-17(6-9-21)18-7-11-23-24-12-10-22(29)14-26(24)27(25(23)13-18)15-19-3-1-2-4-20(19)16-27/h1-14H,15-16H2. The van der Waals surface area contributed by atoms with E-state index >= 15 is 0 Å². The molecule has 0 radical (unpaired) electrons. The summed E-state index contributed by atoms with van der Waals surface area (Å²) in [5.41, 5.74) is 11.3. The summed E-state index contributed by atoms with van der Waals surface area (Å²) in [6.45, 7) is 0. The Morgan fingerprint density at radius 3 is 1.79 bits per heavy atom. The minimum Gasteiger partial charge on any atom is -0.0620 e. The first-order valence-corrected chi connectivity index (χ1v) is 11.5. The second kappa shape index (κ2) is 6.42. The Hall–Kier alpha value is -2.16. The molecule has 0 bridgehead atoms. The van der Waals surface area contributed by atoms with Crippen molar-refractivity contribution in [1.29, 1.82) is 0 Å². The van der Waals surface area contributed by atoms with E-state index in [1.165, 1.54) is 44.5 Å². The minimum absolute atomic E-state index is 0.0313. The van der Waals surface area contributed by atoms with Gasteiger partial charge in [0, 0.05) is 14.4 Å². The van der Waals surface area contributed by atoms with E-state index in [2.05, 4.69) is 117 Å². The smallest absolute Gasteiger partial charge is 0.0296 e. The van der Waals surface area contributed by atoms with Gasteiger partial charge in [0.25, 0.3) is 0 Å². The zero-order valence-electron chi connectivity index (χ0n) is 15.8. The van der Waals surface area contributed by atoms with Gasteiger partial charge < -0.3 is 0 Å². The minimum atomic E-state index is 0.0313. The number of rotatable bonds is 1. The summed E-state index contributed by atoms with van der Waals surface area (Å²) in [4.78, 5) is 0. The second-order valence-corrected chi connectivity index (χ2v) is 9.99. The highest BCUT2D eigenvalue weighted by molar-refractivity contribution is 9.10. The number of benzene rings is 4. The largest absolute Gasteiger partial charge is 0.0620 e. The van der Waals surface area contributed by atoms with Crippen LogP contribution in [0.15, 0.2) is 93.9 Å². The molecule has 29 heavy (non-hydrogen) atoms. The van der Waals surface area contributed by atoms with E-state index in [1.807, 2.05) is 0 Å². The Labute approximate surface area is 187 Å². The van der Waals surface area contributed by atoms with Gasteiger partial charge in [0.15, 0.2) is 0 Å². The lowest BCUT2D eigenvalue weighted by atomic mass is 9.75. The normalized spacial score (nSPS) is 15.2. The van der Waals surface area contributed by atoms with Gasteiger partial charge >= 0.3 is 0 Å². The van der Waals surface area contributed by atoms with Crippen molar-refractivity contribution in [2.45, 2.75) is 18.3 Å². The zero-order valence-corrected chi connectivity index (χ0v) is 18.9. The first-order valence-electron chi connectivity index (χ1n) is 9.92. The SMILES string of the molecule is Brc1ccc(-c2ccc3c(c2)C2(Cc4ccccc4C2)c2cc(Br)ccc2-3)cc1. The molecule has 1 spiro atoms. The Bertz CT molecular complexity index is 1240. The molecule has 0 aliphatic heterocycles. The fourth-order valence-electron chi connectivity index (χ4n) is 5.29. The third-order valence-corrected chi connectivity index (χ3v) is 7.62. The molecule has 0 aromatic heterocycles. The second-order valence-electron chi connectivity index (χ2n) is 8.16. The molecule has 0 atom stereocenters. The van der Waals surface area contributed by atoms with Gasteiger partial charge in [0.1, 0.15) is 0 Å². The van der Waals surface area contributed by atoms with Gasteiger partial charge in [-0.15, -0.1) is 0 Å². The van der Waals surface area contributed by atoms with Crippen molar-refractivity contribution in [2.24, 2.45) is 0 Å². The van der Waals surface area contributed by atoms with E-state index in [9.17, 15) is 0 Å². The van der Waals surface area contributed by atoms with Crippen LogP contribution in [0.5, 0.6) is 0 Å². The lowest BCUT2D eigenvalue weighted by Gasteiger charge is -2.27. The fourth-order valence-corrected chi connectivity index (χ4v) is 5.91. The van der Waals surface area contributed by atoms with Crippen LogP contribution >= 0.6 is 31.9 Å². The molecule has 4 aromatic carbocycles. The van der Waals surface area contributed by atoms with Crippen LogP contribution in [-0.4, -0.2) is 0 Å². The molecule has 2 heteroatoms. The molecule has 6 rings (SSSR count). The Balaban J connectivity index is 1.59. The van der Waals surface area contributed by atoms with Crippen LogP contribution in [0.4, 0.5) is 0 Å². The van der Waals surface area contributed by atoms with E-state index in [0.717, 1.165) is 21.8 Å². The monoisotopic (exact) mass is 500 g/mol. The molecule has 4 aromatic rings. The molecule has 140 valence electrons. The van der Waals surface area contributed by atoms with Crippen molar-refractivity contribution in [3.05, 3.63) is 116 Å². The van der Waals surface area contributed by atoms with Crippen LogP contribution in [0, 0.1) is 0 Å². The predicted molar refractivity (Wildman–Crippen MR) is 127 cm³/mol. The molecule has 0 saturated carbocycles. The van der Waals surface area contributed by atoms with E-state index in [-0.39, 0.29) is 5.41 Å². The molecule has 0 heterocycles. The molecule has 0 unspecified atom stereocenters. The van der Waals surface area contributed by atoms with E-state index in [1.54, 1.807) is 0 Å². The highest BCUT2D eigenvalue weighted by atomic mass is 79.9. The highest BCUT2D eigenvalue weighted by Gasteiger charge is 2.47. The van der Waals surface area contributed by atoms with Gasteiger partial charge in [-0.1, -0.05) is 86.5 Å². The Kier molecular flexibility index (Phi) is 3.91. The predicted octanol–water partition coefficient (Wildman–Crippen LogP) is 7.94. The number of halogens is 2. The van der Waals surface area contributed by atoms with E-state index in [0.29, 0.717) is 0 Å². The Morgan fingerprint density at radius 2 is 1.10 bits per heavy atom. The molecule has 0 nitrogen and oxygen atoms in total. The first-order chi connectivity index (χ1) is 14.1. The third kappa shape index (κ3) is 2.62. The van der Waals surface area contributed by atoms with Crippen LogP contribution in [0.1, 0.15) is 22.3 Å². The zero-order chi connectivity index (χ0) is 19.6. The summed E-state index contributed by atoms with van der Waals surface area (Å²) in [6, 6.07) is 31.4. The van der Waals surface area contributed by atoms with Crippen molar-refractivity contribution in [3.8, 4) is 22.3 Å². The maximum atomic E-state index is 3.73. The van der Waals surface area contributed by atoms with Crippen LogP contribution in [0.3, 0.4) is 0 Å². The molecule has 0 fully saturated rings. The van der Waals surface area contributed by atoms with Gasteiger partial charge in [0.05, 0.1) is 0 Å². The molecule has 0 amide bonds. The first kappa shape index (κ1) is 17.7. The average molecular weight is 502 g/mol. The van der Waals surface area contributed by atoms with Gasteiger partial charge in [-0.2, -0.15) is 0 Å². The lowest BCUT2D eigenvalue weighted by molar-refractivity contribution is 0.563. The summed E-state index contributed by atoms with van der Waals surface area (Å²) in [5, 5.41) is 0. The number of fused-ring (bicyclic) bond motifs is 6. The van der Waals surface area contributed by atoms with Crippen LogP contribution in [-0.2, 0) is 18.3 Å². The van der Waals surface area contributed by atoms with Crippen molar-refractivity contribution in [1.82, 2.24) is 0 Å². The lowest BCUT2D eigenvalue weighted by Crippen LogP contribution is -2.25. The molecule has 0 N–H and O–H groups in total. The average Bonchev–Trinajstić information content (AvgIpc) is 3.25. The quantitative estimate of drug-likeness (QED) is 0.248. The van der Waals surface area contributed by atoms with Crippen molar-refractivity contribution in [2.75, 3.05) is 0 Å². The summed E-state index contributed by atoms with van der Waals surface area (Å²) >= 11 is 7.28. The number of hydrogen-bond donors (Lipinski definition) is 0. The third-order valence-electron chi connectivity index (χ3n) is 6.60. The summed E-state index contributed by atoms with van der Waals surface area (Å²) < 4.78 is 2.27. The molecular weight excluding hydrogens is 484 g/mol. The van der Waals surface area contributed by atoms with Crippen molar-refractivity contribution in [3.63, 3.8) is 0 Å². The Morgan fingerprint density at radius 1 is 0.552 bits per heavy atom. The molecule has 0 saturated heterocycles. The van der Waals surface area contributed by atoms with Gasteiger partial charge in [-0.3, -0.25) is 0 Å². The van der Waals surface area contributed by atoms with E-state index in [4.69, 9.17) is 0 Å². The van der Waals surface area contributed by atoms with Crippen LogP contribution in [0.25, 0.3) is 22.3 Å². The van der Waals surface area contributed by atoms with Crippen molar-refractivity contribution >= 4 is 31.9 Å². The van der Waals surface area contributed by atoms with E-state index < -0.39 is 0 Å². The maximum absolute atomic E-state index is 3.73. The molecular formula is C27H18Br2. The summed E-state index contributed by atoms with van der Waals surface area (Å²) in [6.07, 6.45) is 2.15. The molecule has 2 aliphatic carbocycles. The van der Waals surface area contributed by atoms with Gasteiger partial charge in [0.2, 0.25) is 0 Å². The topological polar surface area (TPSA) is 0 Å². The van der Waals surface area contributed by atoms with Crippen molar-refractivity contribution < 1.29 is 0 Å². The summed E-state index contributed by atoms with van der Waals surface area (Å²) in [7, 11) is 0. The van der Waals surface area contributed by atoms with Crippen LogP contribution in [0.2, 0.25) is 0 Å². The van der Waals surface area contributed by atoms with Gasteiger partial charge in [-0.25, -0.2) is 0 Å². The maximum Gasteiger partial charge on any atom is 0.0296 e. The molecule has 2 aliphatic rings. The van der Waals surface area contributed by atoms with Crippen LogP contribution < -0.4 is 0 Å². The highest BCUT2D eigenvalue weighted by Crippen LogP contribution is 2.56. The fraction of sp³-hybridized carbons (Fsp3) is 0.111.